The van der Waals surface area contributed by atoms with Gasteiger partial charge in [-0.15, -0.1) is 12.4 Å². The van der Waals surface area contributed by atoms with E-state index in [2.05, 4.69) is 5.32 Å². The normalized spacial score (nSPS) is 17.9. The highest BCUT2D eigenvalue weighted by atomic mass is 35.5. The lowest BCUT2D eigenvalue weighted by atomic mass is 9.71. The Hall–Kier alpha value is -1.20. The van der Waals surface area contributed by atoms with Gasteiger partial charge in [-0.25, -0.2) is 8.78 Å². The van der Waals surface area contributed by atoms with Gasteiger partial charge in [0.1, 0.15) is 11.6 Å². The highest BCUT2D eigenvalue weighted by Gasteiger charge is 2.42. The van der Waals surface area contributed by atoms with E-state index < -0.39 is 23.2 Å². The standard InChI is InChI=1S/C13H16F2N2O.ClH/c1-8(16)12(18)17-13(5-2-6-13)10-4-3-9(14)7-11(10)15;/h3-4,7-8H,2,5-6,16H2,1H3,(H,17,18);1H. The van der Waals surface area contributed by atoms with Crippen molar-refractivity contribution in [2.24, 2.45) is 5.73 Å². The fraction of sp³-hybridized carbons (Fsp3) is 0.462. The monoisotopic (exact) mass is 290 g/mol. The van der Waals surface area contributed by atoms with Crippen molar-refractivity contribution in [3.8, 4) is 0 Å². The number of nitrogens with two attached hydrogens (primary N) is 1. The average molecular weight is 291 g/mol. The summed E-state index contributed by atoms with van der Waals surface area (Å²) in [5.41, 5.74) is 5.11. The molecule has 3 N–H and O–H groups in total. The number of halogens is 3. The van der Waals surface area contributed by atoms with Gasteiger partial charge >= 0.3 is 0 Å². The molecule has 0 spiro atoms. The molecular weight excluding hydrogens is 274 g/mol. The molecule has 1 aliphatic carbocycles. The minimum absolute atomic E-state index is 0. The van der Waals surface area contributed by atoms with Gasteiger partial charge in [-0.05, 0) is 32.3 Å². The lowest BCUT2D eigenvalue weighted by Gasteiger charge is -2.43. The Morgan fingerprint density at radius 3 is 2.47 bits per heavy atom. The lowest BCUT2D eigenvalue weighted by Crippen LogP contribution is -2.55. The number of carbonyl (C=O) groups excluding carboxylic acids is 1. The summed E-state index contributed by atoms with van der Waals surface area (Å²) in [6.45, 7) is 1.57. The van der Waals surface area contributed by atoms with Gasteiger partial charge in [-0.1, -0.05) is 6.07 Å². The molecule has 1 fully saturated rings. The Bertz CT molecular complexity index is 476. The highest BCUT2D eigenvalue weighted by Crippen LogP contribution is 2.42. The summed E-state index contributed by atoms with van der Waals surface area (Å²) in [5.74, 6) is -1.57. The van der Waals surface area contributed by atoms with Crippen molar-refractivity contribution >= 4 is 18.3 Å². The summed E-state index contributed by atoms with van der Waals surface area (Å²) in [6, 6.07) is 2.79. The third-order valence-electron chi connectivity index (χ3n) is 3.43. The van der Waals surface area contributed by atoms with E-state index in [1.807, 2.05) is 0 Å². The van der Waals surface area contributed by atoms with E-state index in [-0.39, 0.29) is 18.3 Å². The van der Waals surface area contributed by atoms with Gasteiger partial charge in [-0.3, -0.25) is 4.79 Å². The summed E-state index contributed by atoms with van der Waals surface area (Å²) in [4.78, 5) is 11.7. The fourth-order valence-corrected chi connectivity index (χ4v) is 2.22. The molecule has 0 radical (unpaired) electrons. The summed E-state index contributed by atoms with van der Waals surface area (Å²) >= 11 is 0. The molecule has 1 amide bonds. The summed E-state index contributed by atoms with van der Waals surface area (Å²) in [5, 5.41) is 2.78. The van der Waals surface area contributed by atoms with Crippen molar-refractivity contribution in [2.45, 2.75) is 37.8 Å². The second-order valence-corrected chi connectivity index (χ2v) is 4.84. The first-order valence-electron chi connectivity index (χ1n) is 5.98. The van der Waals surface area contributed by atoms with Crippen LogP contribution in [-0.2, 0) is 10.3 Å². The first-order chi connectivity index (χ1) is 8.44. The van der Waals surface area contributed by atoms with E-state index in [0.717, 1.165) is 12.5 Å². The van der Waals surface area contributed by atoms with E-state index in [0.29, 0.717) is 18.4 Å². The molecule has 3 nitrogen and oxygen atoms in total. The summed E-state index contributed by atoms with van der Waals surface area (Å²) < 4.78 is 26.7. The van der Waals surface area contributed by atoms with Gasteiger partial charge in [0, 0.05) is 11.6 Å². The Labute approximate surface area is 117 Å². The quantitative estimate of drug-likeness (QED) is 0.897. The predicted octanol–water partition coefficient (Wildman–Crippen LogP) is 2.23. The second kappa shape index (κ2) is 5.84. The van der Waals surface area contributed by atoms with Crippen LogP contribution in [0.4, 0.5) is 8.78 Å². The Balaban J connectivity index is 0.00000180. The van der Waals surface area contributed by atoms with E-state index in [1.165, 1.54) is 12.1 Å². The van der Waals surface area contributed by atoms with Crippen molar-refractivity contribution in [2.75, 3.05) is 0 Å². The van der Waals surface area contributed by atoms with E-state index >= 15 is 0 Å². The first kappa shape index (κ1) is 15.9. The molecule has 1 aromatic carbocycles. The van der Waals surface area contributed by atoms with Crippen molar-refractivity contribution in [3.63, 3.8) is 0 Å². The Morgan fingerprint density at radius 2 is 2.05 bits per heavy atom. The van der Waals surface area contributed by atoms with E-state index in [9.17, 15) is 13.6 Å². The minimum Gasteiger partial charge on any atom is -0.345 e. The van der Waals surface area contributed by atoms with Gasteiger partial charge in [0.15, 0.2) is 0 Å². The van der Waals surface area contributed by atoms with Crippen LogP contribution in [0.25, 0.3) is 0 Å². The first-order valence-corrected chi connectivity index (χ1v) is 5.98. The minimum atomic E-state index is -0.720. The average Bonchev–Trinajstić information content (AvgIpc) is 2.24. The topological polar surface area (TPSA) is 55.1 Å². The molecule has 0 saturated heterocycles. The second-order valence-electron chi connectivity index (χ2n) is 4.84. The molecule has 1 aromatic rings. The maximum atomic E-state index is 13.8. The molecule has 1 atom stereocenters. The van der Waals surface area contributed by atoms with Crippen LogP contribution in [0.1, 0.15) is 31.7 Å². The molecule has 6 heteroatoms. The highest BCUT2D eigenvalue weighted by molar-refractivity contribution is 5.85. The smallest absolute Gasteiger partial charge is 0.237 e. The van der Waals surface area contributed by atoms with Gasteiger partial charge in [0.2, 0.25) is 5.91 Å². The number of rotatable bonds is 3. The van der Waals surface area contributed by atoms with Crippen molar-refractivity contribution in [3.05, 3.63) is 35.4 Å². The van der Waals surface area contributed by atoms with Crippen molar-refractivity contribution in [1.82, 2.24) is 5.32 Å². The van der Waals surface area contributed by atoms with Crippen LogP contribution in [0.3, 0.4) is 0 Å². The Morgan fingerprint density at radius 1 is 1.42 bits per heavy atom. The maximum Gasteiger partial charge on any atom is 0.237 e. The molecule has 1 aliphatic rings. The third-order valence-corrected chi connectivity index (χ3v) is 3.43. The number of hydrogen-bond donors (Lipinski definition) is 2. The Kier molecular flexibility index (Phi) is 4.87. The predicted molar refractivity (Wildman–Crippen MR) is 70.9 cm³/mol. The van der Waals surface area contributed by atoms with Crippen LogP contribution in [-0.4, -0.2) is 11.9 Å². The van der Waals surface area contributed by atoms with E-state index in [4.69, 9.17) is 5.73 Å². The maximum absolute atomic E-state index is 13.8. The number of amides is 1. The molecule has 1 unspecified atom stereocenters. The largest absolute Gasteiger partial charge is 0.345 e. The molecule has 0 heterocycles. The number of benzene rings is 1. The summed E-state index contributed by atoms with van der Waals surface area (Å²) in [6.07, 6.45) is 2.19. The van der Waals surface area contributed by atoms with Crippen LogP contribution >= 0.6 is 12.4 Å². The zero-order valence-electron chi connectivity index (χ0n) is 10.6. The third kappa shape index (κ3) is 3.04. The van der Waals surface area contributed by atoms with Gasteiger partial charge in [-0.2, -0.15) is 0 Å². The molecule has 106 valence electrons. The molecule has 1 saturated carbocycles. The SMILES string of the molecule is CC(N)C(=O)NC1(c2ccc(F)cc2F)CCC1.Cl. The zero-order chi connectivity index (χ0) is 13.3. The number of hydrogen-bond acceptors (Lipinski definition) is 2. The molecule has 0 aliphatic heterocycles. The van der Waals surface area contributed by atoms with Crippen LogP contribution in [0.15, 0.2) is 18.2 Å². The summed E-state index contributed by atoms with van der Waals surface area (Å²) in [7, 11) is 0. The molecular formula is C13H17ClF2N2O. The van der Waals surface area contributed by atoms with Crippen molar-refractivity contribution in [1.29, 1.82) is 0 Å². The lowest BCUT2D eigenvalue weighted by molar-refractivity contribution is -0.125. The van der Waals surface area contributed by atoms with Crippen LogP contribution in [0.2, 0.25) is 0 Å². The van der Waals surface area contributed by atoms with Crippen LogP contribution in [0.5, 0.6) is 0 Å². The van der Waals surface area contributed by atoms with E-state index in [1.54, 1.807) is 6.92 Å². The number of nitrogens with one attached hydrogen (secondary N) is 1. The molecule has 0 bridgehead atoms. The zero-order valence-corrected chi connectivity index (χ0v) is 11.4. The van der Waals surface area contributed by atoms with Gasteiger partial charge in [0.25, 0.3) is 0 Å². The fourth-order valence-electron chi connectivity index (χ4n) is 2.22. The molecule has 19 heavy (non-hydrogen) atoms. The van der Waals surface area contributed by atoms with Gasteiger partial charge in [0.05, 0.1) is 11.6 Å². The van der Waals surface area contributed by atoms with Crippen LogP contribution in [0, 0.1) is 11.6 Å². The van der Waals surface area contributed by atoms with Gasteiger partial charge < -0.3 is 11.1 Å². The molecule has 2 rings (SSSR count). The van der Waals surface area contributed by atoms with Crippen LogP contribution < -0.4 is 11.1 Å². The van der Waals surface area contributed by atoms with Crippen molar-refractivity contribution < 1.29 is 13.6 Å². The molecule has 0 aromatic heterocycles. The number of carbonyl (C=O) groups is 1.